The van der Waals surface area contributed by atoms with E-state index in [4.69, 9.17) is 0 Å². The highest BCUT2D eigenvalue weighted by atomic mass is 32.2. The first-order valence-electron chi connectivity index (χ1n) is 13.0. The smallest absolute Gasteiger partial charge is 0.123 e. The summed E-state index contributed by atoms with van der Waals surface area (Å²) in [5.41, 5.74) is 4.77. The van der Waals surface area contributed by atoms with Gasteiger partial charge in [0.2, 0.25) is 0 Å². The SMILES string of the molecule is CCCc1cccc(-c2cccc(SN(C)CC(O)CNC(C)(C)CCCc3cccc(F)c3)c2)c1. The molecule has 1 atom stereocenters. The molecule has 0 aliphatic carbocycles. The Labute approximate surface area is 221 Å². The van der Waals surface area contributed by atoms with Crippen LogP contribution in [0.1, 0.15) is 51.2 Å². The summed E-state index contributed by atoms with van der Waals surface area (Å²) in [6.45, 7) is 7.62. The van der Waals surface area contributed by atoms with E-state index in [1.807, 2.05) is 13.1 Å². The summed E-state index contributed by atoms with van der Waals surface area (Å²) in [7, 11) is 2.02. The van der Waals surface area contributed by atoms with Crippen LogP contribution in [0.25, 0.3) is 11.1 Å². The standard InChI is InChI=1S/C31H41FN2OS/c1-5-10-24-11-6-14-26(19-24)27-15-8-17-30(21-27)36-34(4)23-29(35)22-33-31(2,3)18-9-13-25-12-7-16-28(32)20-25/h6-8,11-12,14-17,19-21,29,33,35H,5,9-10,13,18,22-23H2,1-4H3. The highest BCUT2D eigenvalue weighted by Gasteiger charge is 2.19. The molecule has 3 aromatic carbocycles. The van der Waals surface area contributed by atoms with E-state index in [0.717, 1.165) is 42.6 Å². The first kappa shape index (κ1) is 28.4. The van der Waals surface area contributed by atoms with Crippen molar-refractivity contribution >= 4 is 11.9 Å². The minimum atomic E-state index is -0.473. The van der Waals surface area contributed by atoms with E-state index in [0.29, 0.717) is 13.1 Å². The van der Waals surface area contributed by atoms with E-state index in [1.165, 1.54) is 22.8 Å². The monoisotopic (exact) mass is 508 g/mol. The maximum Gasteiger partial charge on any atom is 0.123 e. The fraction of sp³-hybridized carbons (Fsp3) is 0.419. The lowest BCUT2D eigenvalue weighted by molar-refractivity contribution is 0.140. The molecule has 0 bridgehead atoms. The van der Waals surface area contributed by atoms with Crippen LogP contribution in [0.2, 0.25) is 0 Å². The predicted octanol–water partition coefficient (Wildman–Crippen LogP) is 7.14. The van der Waals surface area contributed by atoms with Gasteiger partial charge in [0.25, 0.3) is 0 Å². The Hall–Kier alpha value is -2.18. The molecule has 0 aromatic heterocycles. The van der Waals surface area contributed by atoms with Crippen LogP contribution in [-0.4, -0.2) is 41.2 Å². The van der Waals surface area contributed by atoms with Gasteiger partial charge in [0, 0.05) is 23.5 Å². The third kappa shape index (κ3) is 9.70. The maximum atomic E-state index is 13.4. The van der Waals surface area contributed by atoms with Gasteiger partial charge < -0.3 is 10.4 Å². The van der Waals surface area contributed by atoms with Gasteiger partial charge in [0.05, 0.1) is 6.10 Å². The van der Waals surface area contributed by atoms with Crippen molar-refractivity contribution in [1.82, 2.24) is 9.62 Å². The lowest BCUT2D eigenvalue weighted by Crippen LogP contribution is -2.45. The lowest BCUT2D eigenvalue weighted by Gasteiger charge is -2.29. The summed E-state index contributed by atoms with van der Waals surface area (Å²) in [6, 6.07) is 24.2. The third-order valence-electron chi connectivity index (χ3n) is 6.33. The summed E-state index contributed by atoms with van der Waals surface area (Å²) in [5, 5.41) is 14.2. The second kappa shape index (κ2) is 13.9. The van der Waals surface area contributed by atoms with E-state index in [2.05, 4.69) is 78.9 Å². The second-order valence-electron chi connectivity index (χ2n) is 10.3. The number of likely N-dealkylation sites (N-methyl/N-ethyl adjacent to an activating group) is 1. The largest absolute Gasteiger partial charge is 0.390 e. The number of nitrogens with one attached hydrogen (secondary N) is 1. The average molecular weight is 509 g/mol. The zero-order valence-electron chi connectivity index (χ0n) is 22.1. The number of hydrogen-bond donors (Lipinski definition) is 2. The Bertz CT molecular complexity index is 1090. The van der Waals surface area contributed by atoms with Crippen molar-refractivity contribution in [3.8, 4) is 11.1 Å². The first-order valence-corrected chi connectivity index (χ1v) is 13.8. The molecule has 0 heterocycles. The number of aliphatic hydroxyl groups is 1. The van der Waals surface area contributed by atoms with Crippen molar-refractivity contribution in [2.45, 2.75) is 69.4 Å². The van der Waals surface area contributed by atoms with Crippen molar-refractivity contribution in [2.24, 2.45) is 0 Å². The quantitative estimate of drug-likeness (QED) is 0.227. The summed E-state index contributed by atoms with van der Waals surface area (Å²) in [6.07, 6.45) is 4.54. The summed E-state index contributed by atoms with van der Waals surface area (Å²) in [5.74, 6) is -0.178. The Balaban J connectivity index is 1.44. The maximum absolute atomic E-state index is 13.4. The average Bonchev–Trinajstić information content (AvgIpc) is 2.83. The highest BCUT2D eigenvalue weighted by Crippen LogP contribution is 2.28. The summed E-state index contributed by atoms with van der Waals surface area (Å²) >= 11 is 1.66. The number of benzene rings is 3. The predicted molar refractivity (Wildman–Crippen MR) is 152 cm³/mol. The number of aryl methyl sites for hydroxylation is 2. The molecule has 1 unspecified atom stereocenters. The van der Waals surface area contributed by atoms with Crippen LogP contribution >= 0.6 is 11.9 Å². The van der Waals surface area contributed by atoms with Crippen LogP contribution in [0, 0.1) is 5.82 Å². The molecule has 0 aliphatic rings. The third-order valence-corrected chi connectivity index (χ3v) is 7.26. The van der Waals surface area contributed by atoms with E-state index in [-0.39, 0.29) is 11.4 Å². The van der Waals surface area contributed by atoms with Gasteiger partial charge in [-0.25, -0.2) is 8.70 Å². The van der Waals surface area contributed by atoms with E-state index >= 15 is 0 Å². The summed E-state index contributed by atoms with van der Waals surface area (Å²) < 4.78 is 15.5. The van der Waals surface area contributed by atoms with Gasteiger partial charge in [0.1, 0.15) is 5.82 Å². The molecule has 3 nitrogen and oxygen atoms in total. The van der Waals surface area contributed by atoms with Gasteiger partial charge in [-0.1, -0.05) is 61.9 Å². The molecule has 3 rings (SSSR count). The van der Waals surface area contributed by atoms with Gasteiger partial charge in [-0.2, -0.15) is 0 Å². The van der Waals surface area contributed by atoms with Crippen LogP contribution in [0.4, 0.5) is 4.39 Å². The number of rotatable bonds is 14. The lowest BCUT2D eigenvalue weighted by atomic mass is 9.95. The normalized spacial score (nSPS) is 12.8. The minimum absolute atomic E-state index is 0.0966. The fourth-order valence-corrected chi connectivity index (χ4v) is 5.34. The molecule has 0 spiro atoms. The van der Waals surface area contributed by atoms with Crippen molar-refractivity contribution in [1.29, 1.82) is 0 Å². The van der Waals surface area contributed by atoms with Crippen LogP contribution in [0.3, 0.4) is 0 Å². The van der Waals surface area contributed by atoms with E-state index < -0.39 is 6.10 Å². The molecular weight excluding hydrogens is 467 g/mol. The Morgan fingerprint density at radius 3 is 2.33 bits per heavy atom. The molecule has 3 aromatic rings. The van der Waals surface area contributed by atoms with Crippen molar-refractivity contribution in [3.63, 3.8) is 0 Å². The zero-order chi connectivity index (χ0) is 26.0. The molecule has 2 N–H and O–H groups in total. The molecule has 0 aliphatic heterocycles. The summed E-state index contributed by atoms with van der Waals surface area (Å²) in [4.78, 5) is 1.16. The second-order valence-corrected chi connectivity index (χ2v) is 11.6. The molecule has 36 heavy (non-hydrogen) atoms. The first-order chi connectivity index (χ1) is 17.2. The number of hydrogen-bond acceptors (Lipinski definition) is 4. The fourth-order valence-electron chi connectivity index (χ4n) is 4.42. The van der Waals surface area contributed by atoms with Crippen LogP contribution < -0.4 is 5.32 Å². The number of β-amino-alcohol motifs (C(OH)–C–C–N with tert-alkyl or cyclic N) is 1. The Kier molecular flexibility index (Phi) is 11.0. The molecule has 0 fully saturated rings. The van der Waals surface area contributed by atoms with Gasteiger partial charge in [-0.05, 0) is 105 Å². The highest BCUT2D eigenvalue weighted by molar-refractivity contribution is 7.97. The number of aliphatic hydroxyl groups excluding tert-OH is 1. The molecule has 194 valence electrons. The van der Waals surface area contributed by atoms with Crippen molar-refractivity contribution in [3.05, 3.63) is 89.7 Å². The van der Waals surface area contributed by atoms with Crippen molar-refractivity contribution < 1.29 is 9.50 Å². The number of nitrogens with zero attached hydrogens (tertiary/aromatic N) is 1. The van der Waals surface area contributed by atoms with E-state index in [9.17, 15) is 9.50 Å². The van der Waals surface area contributed by atoms with Crippen LogP contribution in [0.15, 0.2) is 77.7 Å². The topological polar surface area (TPSA) is 35.5 Å². The Morgan fingerprint density at radius 2 is 1.61 bits per heavy atom. The van der Waals surface area contributed by atoms with Crippen LogP contribution in [0.5, 0.6) is 0 Å². The molecule has 0 saturated heterocycles. The Morgan fingerprint density at radius 1 is 0.944 bits per heavy atom. The van der Waals surface area contributed by atoms with Gasteiger partial charge in [-0.15, -0.1) is 0 Å². The molecule has 0 radical (unpaired) electrons. The zero-order valence-corrected chi connectivity index (χ0v) is 23.0. The minimum Gasteiger partial charge on any atom is -0.390 e. The van der Waals surface area contributed by atoms with Crippen LogP contribution in [-0.2, 0) is 12.8 Å². The van der Waals surface area contributed by atoms with Gasteiger partial charge in [0.15, 0.2) is 0 Å². The number of halogens is 1. The molecular formula is C31H41FN2OS. The molecule has 0 saturated carbocycles. The van der Waals surface area contributed by atoms with Gasteiger partial charge >= 0.3 is 0 Å². The van der Waals surface area contributed by atoms with Gasteiger partial charge in [-0.3, -0.25) is 0 Å². The molecule has 0 amide bonds. The van der Waals surface area contributed by atoms with E-state index in [1.54, 1.807) is 24.1 Å². The van der Waals surface area contributed by atoms with Crippen molar-refractivity contribution in [2.75, 3.05) is 20.1 Å². The molecule has 5 heteroatoms.